The van der Waals surface area contributed by atoms with E-state index in [1.807, 2.05) is 0 Å². The summed E-state index contributed by atoms with van der Waals surface area (Å²) in [5.41, 5.74) is 0. The molecule has 0 aromatic heterocycles. The van der Waals surface area contributed by atoms with Crippen LogP contribution in [0.4, 0.5) is 4.39 Å². The molecule has 0 saturated carbocycles. The molecule has 2 saturated heterocycles. The monoisotopic (exact) mass is 264 g/mol. The molecule has 2 rings (SSSR count). The Labute approximate surface area is 104 Å². The fourth-order valence-corrected chi connectivity index (χ4v) is 2.23. The van der Waals surface area contributed by atoms with Gasteiger partial charge in [0.1, 0.15) is 18.9 Å². The summed E-state index contributed by atoms with van der Waals surface area (Å²) in [6.07, 6.45) is -4.66. The number of esters is 1. The van der Waals surface area contributed by atoms with Crippen molar-refractivity contribution >= 4 is 5.97 Å². The predicted octanol–water partition coefficient (Wildman–Crippen LogP) is 0.125. The van der Waals surface area contributed by atoms with E-state index in [1.165, 1.54) is 6.92 Å². The molecule has 5 atom stereocenters. The number of rotatable bonds is 3. The molecule has 0 unspecified atom stereocenters. The van der Waals surface area contributed by atoms with Crippen molar-refractivity contribution in [3.63, 3.8) is 0 Å². The third-order valence-electron chi connectivity index (χ3n) is 2.87. The van der Waals surface area contributed by atoms with Crippen molar-refractivity contribution in [2.75, 3.05) is 6.67 Å². The van der Waals surface area contributed by atoms with Crippen molar-refractivity contribution in [1.29, 1.82) is 0 Å². The van der Waals surface area contributed by atoms with E-state index >= 15 is 0 Å². The van der Waals surface area contributed by atoms with Gasteiger partial charge in [-0.25, -0.2) is 4.39 Å². The Morgan fingerprint density at radius 3 is 2.72 bits per heavy atom. The summed E-state index contributed by atoms with van der Waals surface area (Å²) < 4.78 is 33.9. The lowest BCUT2D eigenvalue weighted by Crippen LogP contribution is -2.44. The van der Waals surface area contributed by atoms with Crippen LogP contribution in [0.25, 0.3) is 0 Å². The Kier molecular flexibility index (Phi) is 3.59. The molecule has 18 heavy (non-hydrogen) atoms. The highest BCUT2D eigenvalue weighted by atomic mass is 19.1. The number of hydrogen-bond donors (Lipinski definition) is 1. The summed E-state index contributed by atoms with van der Waals surface area (Å²) in [7, 11) is 0. The maximum absolute atomic E-state index is 12.5. The second-order valence-electron chi connectivity index (χ2n) is 4.86. The number of aliphatic hydroxyl groups is 1. The molecular weight excluding hydrogens is 247 g/mol. The van der Waals surface area contributed by atoms with Crippen LogP contribution in [-0.2, 0) is 23.7 Å². The normalized spacial score (nSPS) is 39.4. The summed E-state index contributed by atoms with van der Waals surface area (Å²) in [5, 5.41) is 9.52. The van der Waals surface area contributed by atoms with Crippen molar-refractivity contribution < 1.29 is 33.2 Å². The van der Waals surface area contributed by atoms with Crippen molar-refractivity contribution in [3.8, 4) is 0 Å². The SMILES string of the molecule is CC(=O)O[C@@H]1[C@H]2OC(C)(C)O[C@H]2O[C@@H]1[C@H](O)CF. The lowest BCUT2D eigenvalue weighted by atomic mass is 10.1. The molecule has 2 fully saturated rings. The van der Waals surface area contributed by atoms with E-state index in [4.69, 9.17) is 18.9 Å². The zero-order valence-electron chi connectivity index (χ0n) is 10.5. The standard InChI is InChI=1S/C11H17FO6/c1-5(13)15-8-7(6(14)4-12)16-10-9(8)17-11(2,3)18-10/h6-10,14H,4H2,1-3H3/t6-,7-,8+,9-,10-/m1/s1. The molecule has 104 valence electrons. The lowest BCUT2D eigenvalue weighted by molar-refractivity contribution is -0.229. The maximum atomic E-state index is 12.5. The second kappa shape index (κ2) is 4.73. The van der Waals surface area contributed by atoms with Gasteiger partial charge in [0.25, 0.3) is 0 Å². The first-order valence-corrected chi connectivity index (χ1v) is 5.76. The Balaban J connectivity index is 2.14. The van der Waals surface area contributed by atoms with Gasteiger partial charge in [-0.05, 0) is 13.8 Å². The molecule has 2 heterocycles. The molecule has 0 bridgehead atoms. The Morgan fingerprint density at radius 2 is 2.17 bits per heavy atom. The molecule has 0 aliphatic carbocycles. The van der Waals surface area contributed by atoms with Gasteiger partial charge >= 0.3 is 5.97 Å². The first-order valence-electron chi connectivity index (χ1n) is 5.76. The van der Waals surface area contributed by atoms with Crippen LogP contribution in [0.15, 0.2) is 0 Å². The van der Waals surface area contributed by atoms with E-state index in [1.54, 1.807) is 13.8 Å². The lowest BCUT2D eigenvalue weighted by Gasteiger charge is -2.27. The number of aliphatic hydroxyl groups excluding tert-OH is 1. The smallest absolute Gasteiger partial charge is 0.303 e. The van der Waals surface area contributed by atoms with Gasteiger partial charge in [0, 0.05) is 6.92 Å². The number of carbonyl (C=O) groups excluding carboxylic acids is 1. The van der Waals surface area contributed by atoms with Gasteiger partial charge in [0.2, 0.25) is 0 Å². The van der Waals surface area contributed by atoms with Crippen LogP contribution in [-0.4, -0.2) is 54.2 Å². The van der Waals surface area contributed by atoms with Crippen LogP contribution >= 0.6 is 0 Å². The molecule has 0 aromatic carbocycles. The minimum atomic E-state index is -1.38. The second-order valence-corrected chi connectivity index (χ2v) is 4.86. The summed E-state index contributed by atoms with van der Waals surface area (Å²) in [5.74, 6) is -1.41. The summed E-state index contributed by atoms with van der Waals surface area (Å²) in [6.45, 7) is 3.62. The summed E-state index contributed by atoms with van der Waals surface area (Å²) in [4.78, 5) is 11.1. The average molecular weight is 264 g/mol. The van der Waals surface area contributed by atoms with Gasteiger partial charge < -0.3 is 24.1 Å². The van der Waals surface area contributed by atoms with Gasteiger partial charge in [-0.2, -0.15) is 0 Å². The molecule has 0 radical (unpaired) electrons. The van der Waals surface area contributed by atoms with E-state index in [0.29, 0.717) is 0 Å². The fourth-order valence-electron chi connectivity index (χ4n) is 2.23. The Hall–Kier alpha value is -0.760. The largest absolute Gasteiger partial charge is 0.457 e. The zero-order chi connectivity index (χ0) is 13.5. The van der Waals surface area contributed by atoms with Crippen LogP contribution in [0.5, 0.6) is 0 Å². The maximum Gasteiger partial charge on any atom is 0.303 e. The van der Waals surface area contributed by atoms with Gasteiger partial charge in [0.15, 0.2) is 24.3 Å². The number of halogens is 1. The summed E-state index contributed by atoms with van der Waals surface area (Å²) >= 11 is 0. The molecule has 0 spiro atoms. The van der Waals surface area contributed by atoms with Crippen molar-refractivity contribution in [2.24, 2.45) is 0 Å². The van der Waals surface area contributed by atoms with Crippen LogP contribution < -0.4 is 0 Å². The average Bonchev–Trinajstić information content (AvgIpc) is 2.71. The highest BCUT2D eigenvalue weighted by Gasteiger charge is 2.58. The molecule has 6 nitrogen and oxygen atoms in total. The van der Waals surface area contributed by atoms with Crippen molar-refractivity contribution in [3.05, 3.63) is 0 Å². The number of fused-ring (bicyclic) bond motifs is 1. The van der Waals surface area contributed by atoms with E-state index in [-0.39, 0.29) is 0 Å². The number of alkyl halides is 1. The van der Waals surface area contributed by atoms with Crippen LogP contribution in [0, 0.1) is 0 Å². The van der Waals surface area contributed by atoms with Crippen LogP contribution in [0.1, 0.15) is 20.8 Å². The highest BCUT2D eigenvalue weighted by molar-refractivity contribution is 5.66. The number of hydrogen-bond acceptors (Lipinski definition) is 6. The third kappa shape index (κ3) is 2.49. The van der Waals surface area contributed by atoms with E-state index in [0.717, 1.165) is 0 Å². The zero-order valence-corrected chi connectivity index (χ0v) is 10.5. The quantitative estimate of drug-likeness (QED) is 0.730. The van der Waals surface area contributed by atoms with Crippen molar-refractivity contribution in [1.82, 2.24) is 0 Å². The fraction of sp³-hybridized carbons (Fsp3) is 0.909. The summed E-state index contributed by atoms with van der Waals surface area (Å²) in [6, 6.07) is 0. The van der Waals surface area contributed by atoms with E-state index < -0.39 is 49.1 Å². The topological polar surface area (TPSA) is 74.2 Å². The Bertz CT molecular complexity index is 333. The van der Waals surface area contributed by atoms with Gasteiger partial charge in [0.05, 0.1) is 0 Å². The van der Waals surface area contributed by atoms with E-state index in [9.17, 15) is 14.3 Å². The molecule has 2 aliphatic rings. The van der Waals surface area contributed by atoms with Gasteiger partial charge in [-0.1, -0.05) is 0 Å². The highest BCUT2D eigenvalue weighted by Crippen LogP contribution is 2.39. The molecule has 1 N–H and O–H groups in total. The van der Waals surface area contributed by atoms with Crippen LogP contribution in [0.3, 0.4) is 0 Å². The Morgan fingerprint density at radius 1 is 1.50 bits per heavy atom. The molecule has 0 amide bonds. The van der Waals surface area contributed by atoms with Crippen LogP contribution in [0.2, 0.25) is 0 Å². The molecule has 0 aromatic rings. The number of carbonyl (C=O) groups is 1. The molecule has 2 aliphatic heterocycles. The minimum Gasteiger partial charge on any atom is -0.457 e. The predicted molar refractivity (Wildman–Crippen MR) is 56.2 cm³/mol. The first-order chi connectivity index (χ1) is 8.34. The van der Waals surface area contributed by atoms with Gasteiger partial charge in [-0.3, -0.25) is 4.79 Å². The van der Waals surface area contributed by atoms with Crippen molar-refractivity contribution in [2.45, 2.75) is 57.3 Å². The van der Waals surface area contributed by atoms with E-state index in [2.05, 4.69) is 0 Å². The van der Waals surface area contributed by atoms with Gasteiger partial charge in [-0.15, -0.1) is 0 Å². The third-order valence-corrected chi connectivity index (χ3v) is 2.87. The molecule has 7 heteroatoms. The number of ether oxygens (including phenoxy) is 4. The first kappa shape index (κ1) is 13.7. The minimum absolute atomic E-state index is 0.548. The molecular formula is C11H17FO6.